The summed E-state index contributed by atoms with van der Waals surface area (Å²) < 4.78 is 43.7. The molecule has 2 aromatic heterocycles. The van der Waals surface area contributed by atoms with Gasteiger partial charge in [-0.3, -0.25) is 9.69 Å². The highest BCUT2D eigenvalue weighted by atomic mass is 79.9. The Hall–Kier alpha value is -3.24. The molecule has 0 bridgehead atoms. The van der Waals surface area contributed by atoms with E-state index in [-0.39, 0.29) is 17.0 Å². The van der Waals surface area contributed by atoms with Gasteiger partial charge in [-0.05, 0) is 48.7 Å². The number of nitrogens with zero attached hydrogens (tertiary/aromatic N) is 5. The molecule has 0 unspecified atom stereocenters. The van der Waals surface area contributed by atoms with E-state index in [4.69, 9.17) is 0 Å². The van der Waals surface area contributed by atoms with Crippen molar-refractivity contribution in [1.29, 1.82) is 0 Å². The van der Waals surface area contributed by atoms with Crippen LogP contribution in [0.2, 0.25) is 0 Å². The van der Waals surface area contributed by atoms with Crippen molar-refractivity contribution in [2.24, 2.45) is 0 Å². The van der Waals surface area contributed by atoms with Gasteiger partial charge < -0.3 is 4.90 Å². The van der Waals surface area contributed by atoms with E-state index < -0.39 is 17.8 Å². The number of aryl methyl sites for hydroxylation is 2. The van der Waals surface area contributed by atoms with Gasteiger partial charge in [0.15, 0.2) is 17.0 Å². The van der Waals surface area contributed by atoms with Crippen molar-refractivity contribution in [2.45, 2.75) is 26.6 Å². The Labute approximate surface area is 220 Å². The average Bonchev–Trinajstić information content (AvgIpc) is 3.30. The summed E-state index contributed by atoms with van der Waals surface area (Å²) in [6, 6.07) is 15.7. The van der Waals surface area contributed by atoms with Gasteiger partial charge in [-0.15, -0.1) is 0 Å². The zero-order valence-electron chi connectivity index (χ0n) is 20.4. The quantitative estimate of drug-likeness (QED) is 0.313. The summed E-state index contributed by atoms with van der Waals surface area (Å²) in [5.41, 5.74) is 2.88. The molecule has 0 radical (unpaired) electrons. The van der Waals surface area contributed by atoms with Gasteiger partial charge >= 0.3 is 6.18 Å². The van der Waals surface area contributed by atoms with Crippen LogP contribution >= 0.6 is 15.9 Å². The minimum absolute atomic E-state index is 0.0148. The molecule has 1 aliphatic rings. The van der Waals surface area contributed by atoms with Crippen LogP contribution < -0.4 is 0 Å². The molecule has 10 heteroatoms. The highest BCUT2D eigenvalue weighted by Crippen LogP contribution is 2.33. The first-order chi connectivity index (χ1) is 17.6. The van der Waals surface area contributed by atoms with Gasteiger partial charge in [0.05, 0.1) is 5.69 Å². The van der Waals surface area contributed by atoms with Crippen LogP contribution in [0.15, 0.2) is 59.1 Å². The first-order valence-corrected chi connectivity index (χ1v) is 12.7. The van der Waals surface area contributed by atoms with Crippen LogP contribution in [0.3, 0.4) is 0 Å². The lowest BCUT2D eigenvalue weighted by Crippen LogP contribution is -2.48. The fourth-order valence-electron chi connectivity index (χ4n) is 4.47. The van der Waals surface area contributed by atoms with Gasteiger partial charge in [-0.25, -0.2) is 9.50 Å². The molecule has 37 heavy (non-hydrogen) atoms. The molecule has 1 aliphatic heterocycles. The van der Waals surface area contributed by atoms with Gasteiger partial charge in [-0.2, -0.15) is 18.3 Å². The fraction of sp³-hybridized carbons (Fsp3) is 0.296. The minimum Gasteiger partial charge on any atom is -0.335 e. The number of benzene rings is 2. The Morgan fingerprint density at radius 1 is 0.973 bits per heavy atom. The first kappa shape index (κ1) is 25.4. The Kier molecular flexibility index (Phi) is 6.80. The van der Waals surface area contributed by atoms with Crippen LogP contribution in [0.5, 0.6) is 0 Å². The molecule has 1 fully saturated rings. The Morgan fingerprint density at radius 3 is 2.38 bits per heavy atom. The second-order valence-corrected chi connectivity index (χ2v) is 10.1. The molecule has 6 nitrogen and oxygen atoms in total. The fourth-order valence-corrected chi connectivity index (χ4v) is 4.88. The molecule has 0 aliphatic carbocycles. The van der Waals surface area contributed by atoms with Crippen molar-refractivity contribution < 1.29 is 18.0 Å². The van der Waals surface area contributed by atoms with Gasteiger partial charge in [0, 0.05) is 48.8 Å². The summed E-state index contributed by atoms with van der Waals surface area (Å²) in [6.45, 7) is 6.82. The number of fused-ring (bicyclic) bond motifs is 1. The zero-order valence-corrected chi connectivity index (χ0v) is 22.0. The lowest BCUT2D eigenvalue weighted by molar-refractivity contribution is -0.142. The van der Waals surface area contributed by atoms with Crippen molar-refractivity contribution >= 4 is 27.5 Å². The number of aromatic nitrogens is 3. The summed E-state index contributed by atoms with van der Waals surface area (Å²) in [4.78, 5) is 21.5. The SMILES string of the molecule is Cc1ccc(-c2cc(C(F)(F)F)n3nc(C(=O)N4CCN(Cc5ccccc5Br)CC4)cc3n2)cc1C. The second-order valence-electron chi connectivity index (χ2n) is 9.28. The zero-order chi connectivity index (χ0) is 26.3. The predicted octanol–water partition coefficient (Wildman–Crippen LogP) is 5.75. The summed E-state index contributed by atoms with van der Waals surface area (Å²) in [7, 11) is 0. The highest BCUT2D eigenvalue weighted by molar-refractivity contribution is 9.10. The van der Waals surface area contributed by atoms with Crippen molar-refractivity contribution in [3.8, 4) is 11.3 Å². The maximum absolute atomic E-state index is 14.0. The standard InChI is InChI=1S/C27H25BrF3N5O/c1-17-7-8-19(13-18(17)2)22-14-24(27(29,30)31)36-25(32-22)15-23(33-36)26(37)35-11-9-34(10-12-35)16-20-5-3-4-6-21(20)28/h3-8,13-15H,9-12,16H2,1-2H3. The number of carbonyl (C=O) groups excluding carboxylic acids is 1. The Balaban J connectivity index is 1.39. The van der Waals surface area contributed by atoms with E-state index in [1.54, 1.807) is 11.0 Å². The molecular weight excluding hydrogens is 547 g/mol. The lowest BCUT2D eigenvalue weighted by Gasteiger charge is -2.34. The van der Waals surface area contributed by atoms with Crippen molar-refractivity contribution in [1.82, 2.24) is 24.4 Å². The van der Waals surface area contributed by atoms with Crippen LogP contribution in [0, 0.1) is 13.8 Å². The first-order valence-electron chi connectivity index (χ1n) is 11.9. The molecule has 0 saturated carbocycles. The monoisotopic (exact) mass is 571 g/mol. The van der Waals surface area contributed by atoms with Gasteiger partial charge in [-0.1, -0.05) is 46.3 Å². The molecule has 192 valence electrons. The summed E-state index contributed by atoms with van der Waals surface area (Å²) in [5, 5.41) is 4.04. The molecule has 2 aromatic carbocycles. The van der Waals surface area contributed by atoms with Crippen LogP contribution in [0.25, 0.3) is 16.9 Å². The molecular formula is C27H25BrF3N5O. The smallest absolute Gasteiger partial charge is 0.335 e. The van der Waals surface area contributed by atoms with E-state index in [0.717, 1.165) is 38.3 Å². The molecule has 5 rings (SSSR count). The van der Waals surface area contributed by atoms with Gasteiger partial charge in [0.1, 0.15) is 0 Å². The predicted molar refractivity (Wildman–Crippen MR) is 138 cm³/mol. The molecule has 4 aromatic rings. The average molecular weight is 572 g/mol. The van der Waals surface area contributed by atoms with E-state index in [9.17, 15) is 18.0 Å². The number of rotatable bonds is 4. The normalized spacial score (nSPS) is 14.9. The van der Waals surface area contributed by atoms with Crippen LogP contribution in [-0.2, 0) is 12.7 Å². The van der Waals surface area contributed by atoms with Crippen LogP contribution in [0.1, 0.15) is 32.9 Å². The number of carbonyl (C=O) groups is 1. The summed E-state index contributed by atoms with van der Waals surface area (Å²) in [6.07, 6.45) is -4.67. The van der Waals surface area contributed by atoms with E-state index >= 15 is 0 Å². The van der Waals surface area contributed by atoms with Crippen LogP contribution in [-0.4, -0.2) is 56.5 Å². The maximum Gasteiger partial charge on any atom is 0.433 e. The number of amides is 1. The van der Waals surface area contributed by atoms with Crippen molar-refractivity contribution in [2.75, 3.05) is 26.2 Å². The van der Waals surface area contributed by atoms with E-state index in [0.29, 0.717) is 31.7 Å². The summed E-state index contributed by atoms with van der Waals surface area (Å²) in [5.74, 6) is -0.396. The molecule has 0 spiro atoms. The number of halogens is 4. The van der Waals surface area contributed by atoms with Gasteiger partial charge in [0.2, 0.25) is 0 Å². The van der Waals surface area contributed by atoms with Crippen molar-refractivity contribution in [3.05, 3.63) is 87.1 Å². The largest absolute Gasteiger partial charge is 0.433 e. The van der Waals surface area contributed by atoms with E-state index in [1.807, 2.05) is 44.2 Å². The third-order valence-electron chi connectivity index (χ3n) is 6.75. The number of hydrogen-bond acceptors (Lipinski definition) is 4. The van der Waals surface area contributed by atoms with Gasteiger partial charge in [0.25, 0.3) is 5.91 Å². The molecule has 3 heterocycles. The molecule has 0 atom stereocenters. The highest BCUT2D eigenvalue weighted by Gasteiger charge is 2.36. The third kappa shape index (κ3) is 5.26. The molecule has 1 amide bonds. The lowest BCUT2D eigenvalue weighted by atomic mass is 10.0. The second kappa shape index (κ2) is 9.90. The third-order valence-corrected chi connectivity index (χ3v) is 7.52. The van der Waals surface area contributed by atoms with E-state index in [1.165, 1.54) is 6.07 Å². The number of piperazine rings is 1. The Bertz CT molecular complexity index is 1470. The Morgan fingerprint density at radius 2 is 1.70 bits per heavy atom. The van der Waals surface area contributed by atoms with Crippen LogP contribution in [0.4, 0.5) is 13.2 Å². The maximum atomic E-state index is 14.0. The number of hydrogen-bond donors (Lipinski definition) is 0. The van der Waals surface area contributed by atoms with Crippen molar-refractivity contribution in [3.63, 3.8) is 0 Å². The molecule has 1 saturated heterocycles. The molecule has 0 N–H and O–H groups in total. The van der Waals surface area contributed by atoms with E-state index in [2.05, 4.69) is 37.0 Å². The topological polar surface area (TPSA) is 53.7 Å². The number of alkyl halides is 3. The summed E-state index contributed by atoms with van der Waals surface area (Å²) >= 11 is 3.56. The minimum atomic E-state index is -4.67.